The Morgan fingerprint density at radius 1 is 0.571 bits per heavy atom. The quantitative estimate of drug-likeness (QED) is 0.630. The Morgan fingerprint density at radius 3 is 1.57 bits per heavy atom. The minimum Gasteiger partial charge on any atom is -0.368 e. The van der Waals surface area contributed by atoms with E-state index in [1.54, 1.807) is 0 Å². The summed E-state index contributed by atoms with van der Waals surface area (Å²) in [7, 11) is 0. The summed E-state index contributed by atoms with van der Waals surface area (Å²) >= 11 is 0. The first-order valence-corrected chi connectivity index (χ1v) is 12.1. The van der Waals surface area contributed by atoms with Crippen LogP contribution in [0.3, 0.4) is 0 Å². The van der Waals surface area contributed by atoms with Crippen LogP contribution < -0.4 is 11.1 Å². The van der Waals surface area contributed by atoms with E-state index < -0.39 is 0 Å². The summed E-state index contributed by atoms with van der Waals surface area (Å²) in [6.45, 7) is 0. The van der Waals surface area contributed by atoms with Crippen molar-refractivity contribution < 1.29 is 0 Å². The van der Waals surface area contributed by atoms with Crippen molar-refractivity contribution in [2.75, 3.05) is 11.1 Å². The van der Waals surface area contributed by atoms with Gasteiger partial charge >= 0.3 is 0 Å². The Labute approximate surface area is 171 Å². The highest BCUT2D eigenvalue weighted by Crippen LogP contribution is 2.29. The van der Waals surface area contributed by atoms with E-state index in [0.717, 1.165) is 5.82 Å². The van der Waals surface area contributed by atoms with Gasteiger partial charge in [-0.2, -0.15) is 15.0 Å². The number of rotatable bonds is 3. The van der Waals surface area contributed by atoms with Crippen LogP contribution in [0.5, 0.6) is 0 Å². The van der Waals surface area contributed by atoms with E-state index in [4.69, 9.17) is 10.7 Å². The molecule has 2 aliphatic carbocycles. The number of nitrogen functional groups attached to an aromatic ring is 1. The Balaban J connectivity index is 1.64. The minimum absolute atomic E-state index is 0.379. The zero-order valence-electron chi connectivity index (χ0n) is 17.8. The lowest BCUT2D eigenvalue weighted by Crippen LogP contribution is -2.22. The number of aromatic nitrogens is 3. The molecule has 0 aliphatic heterocycles. The third kappa shape index (κ3) is 7.56. The van der Waals surface area contributed by atoms with Crippen molar-refractivity contribution in [3.8, 4) is 0 Å². The van der Waals surface area contributed by atoms with Gasteiger partial charge in [0.15, 0.2) is 0 Å². The second-order valence-electron chi connectivity index (χ2n) is 9.02. The van der Waals surface area contributed by atoms with Crippen molar-refractivity contribution >= 4 is 11.9 Å². The summed E-state index contributed by atoms with van der Waals surface area (Å²) in [5.74, 6) is 2.45. The lowest BCUT2D eigenvalue weighted by atomic mass is 9.96. The van der Waals surface area contributed by atoms with E-state index in [2.05, 4.69) is 15.3 Å². The second-order valence-corrected chi connectivity index (χ2v) is 9.02. The van der Waals surface area contributed by atoms with E-state index in [1.165, 1.54) is 116 Å². The van der Waals surface area contributed by atoms with Crippen molar-refractivity contribution in [3.63, 3.8) is 0 Å². The predicted molar refractivity (Wildman–Crippen MR) is 117 cm³/mol. The molecule has 1 aromatic rings. The molecule has 1 aromatic heterocycles. The van der Waals surface area contributed by atoms with Gasteiger partial charge in [0, 0.05) is 12.0 Å². The fraction of sp³-hybridized carbons (Fsp3) is 0.870. The van der Waals surface area contributed by atoms with Crippen molar-refractivity contribution in [1.82, 2.24) is 15.0 Å². The number of nitrogens with one attached hydrogen (secondary N) is 1. The van der Waals surface area contributed by atoms with Crippen molar-refractivity contribution in [2.45, 2.75) is 128 Å². The maximum atomic E-state index is 6.09. The molecule has 0 aromatic carbocycles. The summed E-state index contributed by atoms with van der Waals surface area (Å²) < 4.78 is 0. The summed E-state index contributed by atoms with van der Waals surface area (Å²) in [5.41, 5.74) is 6.09. The lowest BCUT2D eigenvalue weighted by Gasteiger charge is -2.20. The number of anilines is 2. The van der Waals surface area contributed by atoms with Gasteiger partial charge in [-0.3, -0.25) is 0 Å². The van der Waals surface area contributed by atoms with Gasteiger partial charge in [0.25, 0.3) is 0 Å². The first-order chi connectivity index (χ1) is 13.8. The number of hydrogen-bond acceptors (Lipinski definition) is 5. The molecule has 5 heteroatoms. The maximum Gasteiger partial charge on any atom is 0.227 e. The van der Waals surface area contributed by atoms with Gasteiger partial charge in [0.05, 0.1) is 0 Å². The first-order valence-electron chi connectivity index (χ1n) is 12.1. The van der Waals surface area contributed by atoms with Gasteiger partial charge in [-0.05, 0) is 25.7 Å². The molecular formula is C23H41N5. The molecule has 0 spiro atoms. The number of nitrogens with zero attached hydrogens (tertiary/aromatic N) is 3. The van der Waals surface area contributed by atoms with Crippen LogP contribution in [0.4, 0.5) is 11.9 Å². The Bertz CT molecular complexity index is 540. The Kier molecular flexibility index (Phi) is 9.31. The van der Waals surface area contributed by atoms with Gasteiger partial charge in [0.2, 0.25) is 11.9 Å². The second kappa shape index (κ2) is 12.2. The topological polar surface area (TPSA) is 76.7 Å². The van der Waals surface area contributed by atoms with Gasteiger partial charge in [-0.15, -0.1) is 0 Å². The molecule has 3 rings (SSSR count). The molecule has 2 saturated carbocycles. The Morgan fingerprint density at radius 2 is 1.04 bits per heavy atom. The normalized spacial score (nSPS) is 22.4. The molecule has 0 radical (unpaired) electrons. The highest BCUT2D eigenvalue weighted by molar-refractivity contribution is 5.32. The van der Waals surface area contributed by atoms with Crippen molar-refractivity contribution in [2.24, 2.45) is 0 Å². The third-order valence-electron chi connectivity index (χ3n) is 6.58. The van der Waals surface area contributed by atoms with Crippen LogP contribution in [0.25, 0.3) is 0 Å². The highest BCUT2D eigenvalue weighted by Gasteiger charge is 2.19. The molecule has 28 heavy (non-hydrogen) atoms. The number of nitrogens with two attached hydrogens (primary N) is 1. The van der Waals surface area contributed by atoms with E-state index in [-0.39, 0.29) is 0 Å². The molecule has 0 unspecified atom stereocenters. The minimum atomic E-state index is 0.379. The molecule has 1 heterocycles. The standard InChI is InChI=1S/C23H41N5/c24-22-26-21(19-15-11-7-5-6-8-12-16-19)27-23(28-22)25-20-17-13-9-3-1-2-4-10-14-18-20/h19-20H,1-18H2,(H3,24,25,26,27,28). The molecule has 0 bridgehead atoms. The first kappa shape index (κ1) is 21.3. The zero-order chi connectivity index (χ0) is 19.4. The van der Waals surface area contributed by atoms with Crippen molar-refractivity contribution in [1.29, 1.82) is 0 Å². The van der Waals surface area contributed by atoms with Crippen LogP contribution in [0, 0.1) is 0 Å². The Hall–Kier alpha value is -1.39. The molecule has 2 fully saturated rings. The summed E-state index contributed by atoms with van der Waals surface area (Å²) in [6.07, 6.45) is 23.7. The molecule has 5 nitrogen and oxygen atoms in total. The van der Waals surface area contributed by atoms with Crippen LogP contribution in [0.15, 0.2) is 0 Å². The average molecular weight is 388 g/mol. The lowest BCUT2D eigenvalue weighted by molar-refractivity contribution is 0.511. The monoisotopic (exact) mass is 387 g/mol. The van der Waals surface area contributed by atoms with Crippen LogP contribution in [-0.4, -0.2) is 21.0 Å². The van der Waals surface area contributed by atoms with Crippen LogP contribution in [-0.2, 0) is 0 Å². The third-order valence-corrected chi connectivity index (χ3v) is 6.58. The molecule has 3 N–H and O–H groups in total. The fourth-order valence-electron chi connectivity index (χ4n) is 4.86. The smallest absolute Gasteiger partial charge is 0.227 e. The number of hydrogen-bond donors (Lipinski definition) is 2. The van der Waals surface area contributed by atoms with Crippen LogP contribution in [0.1, 0.15) is 127 Å². The average Bonchev–Trinajstić information content (AvgIpc) is 2.78. The fourth-order valence-corrected chi connectivity index (χ4v) is 4.86. The molecule has 2 aliphatic rings. The summed E-state index contributed by atoms with van der Waals surface area (Å²) in [6, 6.07) is 0.466. The van der Waals surface area contributed by atoms with Crippen LogP contribution in [0.2, 0.25) is 0 Å². The van der Waals surface area contributed by atoms with Gasteiger partial charge in [0.1, 0.15) is 5.82 Å². The van der Waals surface area contributed by atoms with Crippen LogP contribution >= 0.6 is 0 Å². The summed E-state index contributed by atoms with van der Waals surface area (Å²) in [4.78, 5) is 13.8. The van der Waals surface area contributed by atoms with E-state index in [1.807, 2.05) is 0 Å². The van der Waals surface area contributed by atoms with Gasteiger partial charge in [-0.25, -0.2) is 0 Å². The van der Waals surface area contributed by atoms with Crippen molar-refractivity contribution in [3.05, 3.63) is 5.82 Å². The summed E-state index contributed by atoms with van der Waals surface area (Å²) in [5, 5.41) is 3.64. The van der Waals surface area contributed by atoms with Gasteiger partial charge in [-0.1, -0.05) is 89.9 Å². The molecule has 158 valence electrons. The highest BCUT2D eigenvalue weighted by atomic mass is 15.2. The van der Waals surface area contributed by atoms with E-state index in [0.29, 0.717) is 23.9 Å². The van der Waals surface area contributed by atoms with E-state index in [9.17, 15) is 0 Å². The maximum absolute atomic E-state index is 6.09. The van der Waals surface area contributed by atoms with Gasteiger partial charge < -0.3 is 11.1 Å². The molecule has 0 amide bonds. The molecular weight excluding hydrogens is 346 g/mol. The zero-order valence-corrected chi connectivity index (χ0v) is 17.8. The largest absolute Gasteiger partial charge is 0.368 e. The molecule has 0 atom stereocenters. The predicted octanol–water partition coefficient (Wildman–Crippen LogP) is 6.37. The SMILES string of the molecule is Nc1nc(NC2CCCCCCCCCC2)nc(C2CCCCCCCC2)n1. The van der Waals surface area contributed by atoms with E-state index >= 15 is 0 Å². The molecule has 0 saturated heterocycles.